The summed E-state index contributed by atoms with van der Waals surface area (Å²) in [4.78, 5) is 0. The second-order valence-electron chi connectivity index (χ2n) is 3.56. The Bertz CT molecular complexity index is 297. The summed E-state index contributed by atoms with van der Waals surface area (Å²) in [7, 11) is 0. The first-order chi connectivity index (χ1) is 6.84. The van der Waals surface area contributed by atoms with Crippen LogP contribution >= 0.6 is 15.9 Å². The van der Waals surface area contributed by atoms with Crippen molar-refractivity contribution in [2.24, 2.45) is 0 Å². The molecule has 1 atom stereocenters. The monoisotopic (exact) mass is 255 g/mol. The van der Waals surface area contributed by atoms with Crippen LogP contribution in [0.2, 0.25) is 0 Å². The molecular weight excluding hydrogens is 242 g/mol. The Labute approximate surface area is 92.8 Å². The lowest BCUT2D eigenvalue weighted by Gasteiger charge is -2.23. The minimum absolute atomic E-state index is 0.470. The fraction of sp³-hybridized carbons (Fsp3) is 0.455. The number of halogens is 1. The van der Waals surface area contributed by atoms with Gasteiger partial charge in [0.1, 0.15) is 0 Å². The number of rotatable bonds is 2. The Kier molecular flexibility index (Phi) is 3.56. The van der Waals surface area contributed by atoms with Gasteiger partial charge in [-0.25, -0.2) is 0 Å². The van der Waals surface area contributed by atoms with E-state index in [1.165, 1.54) is 5.56 Å². The van der Waals surface area contributed by atoms with E-state index in [-0.39, 0.29) is 0 Å². The third kappa shape index (κ3) is 2.80. The van der Waals surface area contributed by atoms with Gasteiger partial charge in [-0.2, -0.15) is 0 Å². The van der Waals surface area contributed by atoms with Crippen molar-refractivity contribution in [1.29, 1.82) is 0 Å². The van der Waals surface area contributed by atoms with E-state index in [9.17, 15) is 0 Å². The van der Waals surface area contributed by atoms with E-state index in [0.717, 1.165) is 30.7 Å². The first-order valence-electron chi connectivity index (χ1n) is 4.90. The maximum absolute atomic E-state index is 5.41. The number of hydrogen-bond acceptors (Lipinski definition) is 2. The molecule has 0 bridgehead atoms. The molecule has 2 rings (SSSR count). The average molecular weight is 256 g/mol. The molecule has 0 saturated carbocycles. The maximum Gasteiger partial charge on any atom is 0.0623 e. The molecule has 1 fully saturated rings. The number of ether oxygens (including phenoxy) is 1. The quantitative estimate of drug-likeness (QED) is 0.873. The lowest BCUT2D eigenvalue weighted by Crippen LogP contribution is -2.42. The summed E-state index contributed by atoms with van der Waals surface area (Å²) < 4.78 is 6.56. The van der Waals surface area contributed by atoms with E-state index in [1.54, 1.807) is 0 Å². The zero-order chi connectivity index (χ0) is 9.80. The van der Waals surface area contributed by atoms with Crippen molar-refractivity contribution in [2.45, 2.75) is 12.5 Å². The van der Waals surface area contributed by atoms with Crippen LogP contribution in [0, 0.1) is 0 Å². The number of morpholine rings is 1. The van der Waals surface area contributed by atoms with E-state index < -0.39 is 0 Å². The van der Waals surface area contributed by atoms with Crippen molar-refractivity contribution in [1.82, 2.24) is 5.32 Å². The zero-order valence-corrected chi connectivity index (χ0v) is 9.59. The van der Waals surface area contributed by atoms with E-state index in [4.69, 9.17) is 4.74 Å². The average Bonchev–Trinajstić information content (AvgIpc) is 2.19. The van der Waals surface area contributed by atoms with Crippen LogP contribution in [0.3, 0.4) is 0 Å². The molecule has 1 heterocycles. The molecule has 14 heavy (non-hydrogen) atoms. The van der Waals surface area contributed by atoms with Gasteiger partial charge in [0.15, 0.2) is 0 Å². The largest absolute Gasteiger partial charge is 0.379 e. The van der Waals surface area contributed by atoms with Gasteiger partial charge in [0.25, 0.3) is 0 Å². The van der Waals surface area contributed by atoms with Gasteiger partial charge in [0.2, 0.25) is 0 Å². The molecule has 1 saturated heterocycles. The van der Waals surface area contributed by atoms with E-state index in [1.807, 2.05) is 6.07 Å². The lowest BCUT2D eigenvalue weighted by molar-refractivity contribution is 0.0770. The van der Waals surface area contributed by atoms with Gasteiger partial charge in [-0.1, -0.05) is 28.1 Å². The highest BCUT2D eigenvalue weighted by Gasteiger charge is 2.12. The number of nitrogens with one attached hydrogen (secondary N) is 1. The van der Waals surface area contributed by atoms with E-state index in [0.29, 0.717) is 6.04 Å². The van der Waals surface area contributed by atoms with Crippen molar-refractivity contribution >= 4 is 15.9 Å². The SMILES string of the molecule is Brc1cccc(CC2COCCN2)c1. The molecular formula is C11H14BrNO. The predicted octanol–water partition coefficient (Wildman–Crippen LogP) is 1.98. The van der Waals surface area contributed by atoms with Crippen LogP contribution in [-0.4, -0.2) is 25.8 Å². The lowest BCUT2D eigenvalue weighted by atomic mass is 10.1. The van der Waals surface area contributed by atoms with Gasteiger partial charge < -0.3 is 10.1 Å². The molecule has 1 unspecified atom stereocenters. The summed E-state index contributed by atoms with van der Waals surface area (Å²) in [6, 6.07) is 8.91. The van der Waals surface area contributed by atoms with Crippen molar-refractivity contribution in [3.8, 4) is 0 Å². The minimum atomic E-state index is 0.470. The Morgan fingerprint density at radius 1 is 1.50 bits per heavy atom. The first kappa shape index (κ1) is 10.1. The van der Waals surface area contributed by atoms with Gasteiger partial charge in [-0.05, 0) is 24.1 Å². The highest BCUT2D eigenvalue weighted by atomic mass is 79.9. The smallest absolute Gasteiger partial charge is 0.0623 e. The second-order valence-corrected chi connectivity index (χ2v) is 4.48. The summed E-state index contributed by atoms with van der Waals surface area (Å²) >= 11 is 3.48. The third-order valence-corrected chi connectivity index (χ3v) is 2.86. The summed E-state index contributed by atoms with van der Waals surface area (Å²) in [5, 5.41) is 3.45. The Morgan fingerprint density at radius 2 is 2.43 bits per heavy atom. The van der Waals surface area contributed by atoms with Crippen molar-refractivity contribution in [2.75, 3.05) is 19.8 Å². The minimum Gasteiger partial charge on any atom is -0.379 e. The Hall–Kier alpha value is -0.380. The standard InChI is InChI=1S/C11H14BrNO/c12-10-3-1-2-9(6-10)7-11-8-14-5-4-13-11/h1-3,6,11,13H,4-5,7-8H2. The topological polar surface area (TPSA) is 21.3 Å². The van der Waals surface area contributed by atoms with Crippen molar-refractivity contribution in [3.05, 3.63) is 34.3 Å². The van der Waals surface area contributed by atoms with E-state index in [2.05, 4.69) is 39.4 Å². The summed E-state index contributed by atoms with van der Waals surface area (Å²) in [6.07, 6.45) is 1.04. The fourth-order valence-corrected chi connectivity index (χ4v) is 2.15. The summed E-state index contributed by atoms with van der Waals surface area (Å²) in [6.45, 7) is 2.64. The predicted molar refractivity (Wildman–Crippen MR) is 60.5 cm³/mol. The number of benzene rings is 1. The van der Waals surface area contributed by atoms with Crippen LogP contribution in [0.15, 0.2) is 28.7 Å². The number of hydrogen-bond donors (Lipinski definition) is 1. The molecule has 1 aromatic rings. The molecule has 0 spiro atoms. The third-order valence-electron chi connectivity index (χ3n) is 2.37. The molecule has 1 aliphatic heterocycles. The van der Waals surface area contributed by atoms with Crippen LogP contribution in [0.25, 0.3) is 0 Å². The molecule has 2 nitrogen and oxygen atoms in total. The summed E-state index contributed by atoms with van der Waals surface area (Å²) in [5.74, 6) is 0. The van der Waals surface area contributed by atoms with Gasteiger partial charge in [0, 0.05) is 17.1 Å². The van der Waals surface area contributed by atoms with Gasteiger partial charge in [-0.3, -0.25) is 0 Å². The molecule has 76 valence electrons. The Balaban J connectivity index is 1.95. The fourth-order valence-electron chi connectivity index (χ4n) is 1.70. The molecule has 1 N–H and O–H groups in total. The molecule has 1 aliphatic rings. The van der Waals surface area contributed by atoms with Crippen LogP contribution in [0.1, 0.15) is 5.56 Å². The zero-order valence-electron chi connectivity index (χ0n) is 8.00. The summed E-state index contributed by atoms with van der Waals surface area (Å²) in [5.41, 5.74) is 1.35. The van der Waals surface area contributed by atoms with Crippen LogP contribution < -0.4 is 5.32 Å². The highest BCUT2D eigenvalue weighted by molar-refractivity contribution is 9.10. The molecule has 0 radical (unpaired) electrons. The highest BCUT2D eigenvalue weighted by Crippen LogP contribution is 2.13. The normalized spacial score (nSPS) is 22.2. The van der Waals surface area contributed by atoms with Gasteiger partial charge >= 0.3 is 0 Å². The van der Waals surface area contributed by atoms with Gasteiger partial charge in [-0.15, -0.1) is 0 Å². The Morgan fingerprint density at radius 3 is 3.14 bits per heavy atom. The van der Waals surface area contributed by atoms with Crippen molar-refractivity contribution in [3.63, 3.8) is 0 Å². The van der Waals surface area contributed by atoms with Gasteiger partial charge in [0.05, 0.1) is 13.2 Å². The molecule has 1 aromatic carbocycles. The first-order valence-corrected chi connectivity index (χ1v) is 5.69. The molecule has 0 aromatic heterocycles. The maximum atomic E-state index is 5.41. The van der Waals surface area contributed by atoms with E-state index >= 15 is 0 Å². The van der Waals surface area contributed by atoms with Crippen LogP contribution in [-0.2, 0) is 11.2 Å². The second kappa shape index (κ2) is 4.91. The molecule has 0 amide bonds. The van der Waals surface area contributed by atoms with Crippen LogP contribution in [0.4, 0.5) is 0 Å². The molecule has 3 heteroatoms. The molecule has 0 aliphatic carbocycles. The van der Waals surface area contributed by atoms with Crippen LogP contribution in [0.5, 0.6) is 0 Å². The van der Waals surface area contributed by atoms with Crippen molar-refractivity contribution < 1.29 is 4.74 Å².